The van der Waals surface area contributed by atoms with Crippen molar-refractivity contribution in [3.8, 4) is 5.88 Å². The molecule has 104 valence electrons. The van der Waals surface area contributed by atoms with E-state index in [1.54, 1.807) is 42.0 Å². The van der Waals surface area contributed by atoms with Gasteiger partial charge in [0.05, 0.1) is 22.8 Å². The van der Waals surface area contributed by atoms with Crippen LogP contribution in [0.4, 0.5) is 10.8 Å². The highest BCUT2D eigenvalue weighted by molar-refractivity contribution is 7.14. The molecular formula is C15H11N3O2S. The molecule has 3 rings (SSSR count). The summed E-state index contributed by atoms with van der Waals surface area (Å²) in [4.78, 5) is 20.1. The third-order valence-corrected chi connectivity index (χ3v) is 3.34. The summed E-state index contributed by atoms with van der Waals surface area (Å²) in [7, 11) is 0. The summed E-state index contributed by atoms with van der Waals surface area (Å²) in [5.41, 5.74) is 1.32. The maximum absolute atomic E-state index is 11.9. The Bertz CT molecular complexity index is 729. The SMILES string of the molecule is O=C(Oc1csc(Nc2cccnc2)n1)c1ccccc1. The zero-order valence-corrected chi connectivity index (χ0v) is 11.7. The highest BCUT2D eigenvalue weighted by Crippen LogP contribution is 2.24. The van der Waals surface area contributed by atoms with E-state index in [0.717, 1.165) is 5.69 Å². The minimum atomic E-state index is -0.422. The van der Waals surface area contributed by atoms with Crippen molar-refractivity contribution in [2.24, 2.45) is 0 Å². The van der Waals surface area contributed by atoms with E-state index in [-0.39, 0.29) is 5.88 Å². The fraction of sp³-hybridized carbons (Fsp3) is 0. The molecule has 0 saturated carbocycles. The largest absolute Gasteiger partial charge is 0.403 e. The molecule has 6 heteroatoms. The number of pyridine rings is 1. The van der Waals surface area contributed by atoms with Gasteiger partial charge in [-0.2, -0.15) is 4.98 Å². The molecule has 5 nitrogen and oxygen atoms in total. The third kappa shape index (κ3) is 3.43. The molecule has 0 spiro atoms. The van der Waals surface area contributed by atoms with Crippen LogP contribution in [0.5, 0.6) is 5.88 Å². The van der Waals surface area contributed by atoms with Gasteiger partial charge in [0.1, 0.15) is 0 Å². The lowest BCUT2D eigenvalue weighted by molar-refractivity contribution is 0.0729. The molecule has 0 aliphatic heterocycles. The topological polar surface area (TPSA) is 64.1 Å². The standard InChI is InChI=1S/C15H11N3O2S/c19-14(11-5-2-1-3-6-11)20-13-10-21-15(18-13)17-12-7-4-8-16-9-12/h1-10H,(H,17,18). The van der Waals surface area contributed by atoms with Crippen LogP contribution in [-0.2, 0) is 0 Å². The van der Waals surface area contributed by atoms with Gasteiger partial charge in [-0.3, -0.25) is 4.98 Å². The molecule has 0 radical (unpaired) electrons. The van der Waals surface area contributed by atoms with Gasteiger partial charge < -0.3 is 10.1 Å². The molecule has 2 heterocycles. The average molecular weight is 297 g/mol. The molecule has 0 aliphatic rings. The van der Waals surface area contributed by atoms with Crippen molar-refractivity contribution >= 4 is 28.1 Å². The van der Waals surface area contributed by atoms with Crippen molar-refractivity contribution < 1.29 is 9.53 Å². The second-order valence-electron chi connectivity index (χ2n) is 4.11. The maximum Gasteiger partial charge on any atom is 0.344 e. The molecule has 0 fully saturated rings. The van der Waals surface area contributed by atoms with Crippen LogP contribution < -0.4 is 10.1 Å². The second-order valence-corrected chi connectivity index (χ2v) is 4.97. The first-order valence-electron chi connectivity index (χ1n) is 6.21. The fourth-order valence-electron chi connectivity index (χ4n) is 1.65. The summed E-state index contributed by atoms with van der Waals surface area (Å²) < 4.78 is 5.22. The number of nitrogens with one attached hydrogen (secondary N) is 1. The Labute approximate surface area is 125 Å². The lowest BCUT2D eigenvalue weighted by atomic mass is 10.2. The first kappa shape index (κ1) is 13.3. The smallest absolute Gasteiger partial charge is 0.344 e. The lowest BCUT2D eigenvalue weighted by Crippen LogP contribution is -2.08. The average Bonchev–Trinajstić information content (AvgIpc) is 2.96. The fourth-order valence-corrected chi connectivity index (χ4v) is 2.28. The van der Waals surface area contributed by atoms with Crippen LogP contribution in [0.2, 0.25) is 0 Å². The Morgan fingerprint density at radius 1 is 1.14 bits per heavy atom. The first-order valence-corrected chi connectivity index (χ1v) is 7.09. The molecule has 1 N–H and O–H groups in total. The van der Waals surface area contributed by atoms with Gasteiger partial charge in [-0.15, -0.1) is 11.3 Å². The van der Waals surface area contributed by atoms with Gasteiger partial charge in [0.15, 0.2) is 5.13 Å². The summed E-state index contributed by atoms with van der Waals surface area (Å²) in [6.07, 6.45) is 3.39. The Balaban J connectivity index is 1.67. The van der Waals surface area contributed by atoms with Crippen molar-refractivity contribution in [3.05, 3.63) is 65.8 Å². The van der Waals surface area contributed by atoms with Gasteiger partial charge in [0.2, 0.25) is 5.88 Å². The van der Waals surface area contributed by atoms with Gasteiger partial charge in [-0.05, 0) is 24.3 Å². The number of rotatable bonds is 4. The van der Waals surface area contributed by atoms with Gasteiger partial charge in [-0.25, -0.2) is 4.79 Å². The highest BCUT2D eigenvalue weighted by Gasteiger charge is 2.10. The quantitative estimate of drug-likeness (QED) is 0.747. The predicted octanol–water partition coefficient (Wildman–Crippen LogP) is 3.50. The van der Waals surface area contributed by atoms with Crippen molar-refractivity contribution in [1.29, 1.82) is 0 Å². The van der Waals surface area contributed by atoms with Crippen LogP contribution >= 0.6 is 11.3 Å². The molecular weight excluding hydrogens is 286 g/mol. The highest BCUT2D eigenvalue weighted by atomic mass is 32.1. The van der Waals surface area contributed by atoms with E-state index in [2.05, 4.69) is 15.3 Å². The number of nitrogens with zero attached hydrogens (tertiary/aromatic N) is 2. The van der Waals surface area contributed by atoms with E-state index in [1.165, 1.54) is 11.3 Å². The monoisotopic (exact) mass is 297 g/mol. The van der Waals surface area contributed by atoms with Gasteiger partial charge in [0, 0.05) is 6.20 Å². The summed E-state index contributed by atoms with van der Waals surface area (Å²) in [6.45, 7) is 0. The lowest BCUT2D eigenvalue weighted by Gasteiger charge is -2.01. The van der Waals surface area contributed by atoms with Crippen molar-refractivity contribution in [2.75, 3.05) is 5.32 Å². The van der Waals surface area contributed by atoms with Gasteiger partial charge >= 0.3 is 5.97 Å². The number of anilines is 2. The van der Waals surface area contributed by atoms with E-state index >= 15 is 0 Å². The molecule has 0 unspecified atom stereocenters. The molecule has 2 aromatic heterocycles. The Kier molecular flexibility index (Phi) is 3.88. The molecule has 0 saturated heterocycles. The van der Waals surface area contributed by atoms with E-state index < -0.39 is 5.97 Å². The van der Waals surface area contributed by atoms with Crippen molar-refractivity contribution in [3.63, 3.8) is 0 Å². The van der Waals surface area contributed by atoms with Crippen LogP contribution in [0.15, 0.2) is 60.2 Å². The minimum Gasteiger partial charge on any atom is -0.403 e. The van der Waals surface area contributed by atoms with E-state index in [0.29, 0.717) is 10.7 Å². The number of hydrogen-bond acceptors (Lipinski definition) is 6. The van der Waals surface area contributed by atoms with Gasteiger partial charge in [-0.1, -0.05) is 18.2 Å². The minimum absolute atomic E-state index is 0.278. The van der Waals surface area contributed by atoms with Gasteiger partial charge in [0.25, 0.3) is 0 Å². The zero-order chi connectivity index (χ0) is 14.5. The van der Waals surface area contributed by atoms with E-state index in [1.807, 2.05) is 18.2 Å². The summed E-state index contributed by atoms with van der Waals surface area (Å²) in [6, 6.07) is 12.5. The zero-order valence-electron chi connectivity index (χ0n) is 10.9. The third-order valence-electron chi connectivity index (χ3n) is 2.60. The Hall–Kier alpha value is -2.73. The number of carbonyl (C=O) groups is 1. The normalized spacial score (nSPS) is 10.1. The number of ether oxygens (including phenoxy) is 1. The summed E-state index contributed by atoms with van der Waals surface area (Å²) >= 11 is 1.35. The molecule has 0 atom stereocenters. The van der Waals surface area contributed by atoms with Crippen molar-refractivity contribution in [1.82, 2.24) is 9.97 Å². The van der Waals surface area contributed by atoms with Crippen LogP contribution in [0.3, 0.4) is 0 Å². The second kappa shape index (κ2) is 6.15. The molecule has 0 bridgehead atoms. The Morgan fingerprint density at radius 2 is 2.00 bits per heavy atom. The van der Waals surface area contributed by atoms with Crippen LogP contribution in [-0.4, -0.2) is 15.9 Å². The number of carbonyl (C=O) groups excluding carboxylic acids is 1. The number of esters is 1. The number of hydrogen-bond donors (Lipinski definition) is 1. The Morgan fingerprint density at radius 3 is 2.76 bits per heavy atom. The molecule has 0 amide bonds. The van der Waals surface area contributed by atoms with Crippen molar-refractivity contribution in [2.45, 2.75) is 0 Å². The summed E-state index contributed by atoms with van der Waals surface area (Å²) in [5, 5.41) is 5.41. The van der Waals surface area contributed by atoms with E-state index in [4.69, 9.17) is 4.74 Å². The molecule has 21 heavy (non-hydrogen) atoms. The number of benzene rings is 1. The number of aromatic nitrogens is 2. The maximum atomic E-state index is 11.9. The van der Waals surface area contributed by atoms with E-state index in [9.17, 15) is 4.79 Å². The predicted molar refractivity (Wildman–Crippen MR) is 81.0 cm³/mol. The van der Waals surface area contributed by atoms with Crippen LogP contribution in [0.25, 0.3) is 0 Å². The van der Waals surface area contributed by atoms with Crippen LogP contribution in [0.1, 0.15) is 10.4 Å². The first-order chi connectivity index (χ1) is 10.3. The van der Waals surface area contributed by atoms with Crippen LogP contribution in [0, 0.1) is 0 Å². The molecule has 3 aromatic rings. The summed E-state index contributed by atoms with van der Waals surface area (Å²) in [5.74, 6) is -0.144. The number of thiazole rings is 1. The molecule has 0 aliphatic carbocycles. The molecule has 1 aromatic carbocycles.